The first-order valence-electron chi connectivity index (χ1n) is 10.0. The molecule has 0 amide bonds. The summed E-state index contributed by atoms with van der Waals surface area (Å²) in [4.78, 5) is 18.1. The van der Waals surface area contributed by atoms with Gasteiger partial charge in [-0.3, -0.25) is 0 Å². The molecule has 0 saturated carbocycles. The van der Waals surface area contributed by atoms with E-state index in [4.69, 9.17) is 9.47 Å². The summed E-state index contributed by atoms with van der Waals surface area (Å²) in [6.45, 7) is 6.21. The number of hydrogen-bond donors (Lipinski definition) is 0. The van der Waals surface area contributed by atoms with E-state index in [9.17, 15) is 9.18 Å². The number of hydrogen-bond acceptors (Lipinski definition) is 5. The number of aromatic nitrogens is 1. The van der Waals surface area contributed by atoms with Crippen molar-refractivity contribution < 1.29 is 18.7 Å². The Morgan fingerprint density at radius 3 is 2.34 bits per heavy atom. The Labute approximate surface area is 171 Å². The third kappa shape index (κ3) is 6.26. The molecule has 3 rings (SSSR count). The summed E-state index contributed by atoms with van der Waals surface area (Å²) in [5, 5.41) is 0. The van der Waals surface area contributed by atoms with Crippen molar-refractivity contribution in [3.8, 4) is 17.0 Å². The topological polar surface area (TPSA) is 51.7 Å². The van der Waals surface area contributed by atoms with Crippen molar-refractivity contribution >= 4 is 5.97 Å². The number of likely N-dealkylation sites (tertiary alicyclic amines) is 1. The van der Waals surface area contributed by atoms with Gasteiger partial charge in [0.25, 0.3) is 0 Å². The van der Waals surface area contributed by atoms with Crippen LogP contribution in [0.5, 0.6) is 5.88 Å². The summed E-state index contributed by atoms with van der Waals surface area (Å²) >= 11 is 0. The highest BCUT2D eigenvalue weighted by atomic mass is 19.1. The maximum absolute atomic E-state index is 13.8. The molecule has 0 bridgehead atoms. The molecule has 1 aliphatic heterocycles. The number of methoxy groups -OCH3 is 1. The van der Waals surface area contributed by atoms with Gasteiger partial charge < -0.3 is 14.4 Å². The van der Waals surface area contributed by atoms with Gasteiger partial charge in [0.2, 0.25) is 5.88 Å². The summed E-state index contributed by atoms with van der Waals surface area (Å²) in [6, 6.07) is 11.0. The largest absolute Gasteiger partial charge is 0.477 e. The van der Waals surface area contributed by atoms with Crippen molar-refractivity contribution in [2.45, 2.75) is 32.4 Å². The molecule has 2 heterocycles. The zero-order valence-corrected chi connectivity index (χ0v) is 17.4. The Morgan fingerprint density at radius 1 is 1.14 bits per heavy atom. The molecule has 1 aromatic heterocycles. The molecule has 0 aliphatic carbocycles. The number of esters is 1. The minimum atomic E-state index is -1.14. The summed E-state index contributed by atoms with van der Waals surface area (Å²) in [6.07, 6.45) is 3.80. The molecule has 5 nitrogen and oxygen atoms in total. The highest BCUT2D eigenvalue weighted by Crippen LogP contribution is 2.23. The van der Waals surface area contributed by atoms with Crippen LogP contribution < -0.4 is 4.74 Å². The van der Waals surface area contributed by atoms with Gasteiger partial charge in [0.05, 0.1) is 19.3 Å². The normalized spacial score (nSPS) is 15.9. The molecule has 0 radical (unpaired) electrons. The Hall–Kier alpha value is -2.47. The van der Waals surface area contributed by atoms with Crippen LogP contribution in [-0.4, -0.2) is 54.9 Å². The monoisotopic (exact) mass is 400 g/mol. The number of benzene rings is 1. The molecule has 0 N–H and O–H groups in total. The Balaban J connectivity index is 1.48. The van der Waals surface area contributed by atoms with E-state index in [1.165, 1.54) is 7.11 Å². The third-order valence-electron chi connectivity index (χ3n) is 5.15. The third-order valence-corrected chi connectivity index (χ3v) is 5.15. The second-order valence-electron chi connectivity index (χ2n) is 8.20. The van der Waals surface area contributed by atoms with E-state index in [1.807, 2.05) is 24.3 Å². The lowest BCUT2D eigenvalue weighted by molar-refractivity contribution is 0.0600. The van der Waals surface area contributed by atoms with E-state index in [2.05, 4.69) is 9.88 Å². The standard InChI is InChI=1S/C23H29FN2O3/c1-23(2,24)16-26-12-10-17(11-13-26)15-29-21-9-8-20(14-25-21)18-4-6-19(7-5-18)22(27)28-3/h4-9,14,17H,10-13,15-16H2,1-3H3. The van der Waals surface area contributed by atoms with Gasteiger partial charge in [-0.2, -0.15) is 0 Å². The molecule has 0 atom stereocenters. The minimum absolute atomic E-state index is 0.349. The second kappa shape index (κ2) is 9.35. The lowest BCUT2D eigenvalue weighted by Gasteiger charge is -2.34. The predicted molar refractivity (Wildman–Crippen MR) is 111 cm³/mol. The summed E-state index contributed by atoms with van der Waals surface area (Å²) in [5.41, 5.74) is 1.30. The van der Waals surface area contributed by atoms with Crippen LogP contribution in [0.15, 0.2) is 42.6 Å². The highest BCUT2D eigenvalue weighted by molar-refractivity contribution is 5.89. The fourth-order valence-electron chi connectivity index (χ4n) is 3.60. The Bertz CT molecular complexity index is 792. The number of rotatable bonds is 7. The quantitative estimate of drug-likeness (QED) is 0.646. The number of pyridine rings is 1. The highest BCUT2D eigenvalue weighted by Gasteiger charge is 2.25. The summed E-state index contributed by atoms with van der Waals surface area (Å²) < 4.78 is 24.4. The smallest absolute Gasteiger partial charge is 0.337 e. The molecule has 0 unspecified atom stereocenters. The van der Waals surface area contributed by atoms with E-state index in [0.29, 0.717) is 30.5 Å². The fourth-order valence-corrected chi connectivity index (χ4v) is 3.60. The van der Waals surface area contributed by atoms with Gasteiger partial charge in [0, 0.05) is 24.4 Å². The van der Waals surface area contributed by atoms with Gasteiger partial charge in [-0.25, -0.2) is 14.2 Å². The van der Waals surface area contributed by atoms with Gasteiger partial charge in [-0.05, 0) is 69.5 Å². The Morgan fingerprint density at radius 2 is 1.79 bits per heavy atom. The number of halogens is 1. The van der Waals surface area contributed by atoms with Crippen molar-refractivity contribution in [1.82, 2.24) is 9.88 Å². The molecule has 1 aliphatic rings. The molecular weight excluding hydrogens is 371 g/mol. The molecule has 156 valence electrons. The van der Waals surface area contributed by atoms with Gasteiger partial charge >= 0.3 is 5.97 Å². The average Bonchev–Trinajstić information content (AvgIpc) is 2.72. The van der Waals surface area contributed by atoms with Crippen molar-refractivity contribution in [3.63, 3.8) is 0 Å². The fraction of sp³-hybridized carbons (Fsp3) is 0.478. The number of piperidine rings is 1. The van der Waals surface area contributed by atoms with Gasteiger partial charge in [-0.1, -0.05) is 12.1 Å². The van der Waals surface area contributed by atoms with E-state index < -0.39 is 5.67 Å². The first-order valence-corrected chi connectivity index (χ1v) is 10.0. The molecule has 0 spiro atoms. The van der Waals surface area contributed by atoms with Crippen LogP contribution in [0.4, 0.5) is 4.39 Å². The van der Waals surface area contributed by atoms with Crippen LogP contribution >= 0.6 is 0 Å². The molecule has 1 aromatic carbocycles. The summed E-state index contributed by atoms with van der Waals surface area (Å²) in [5.74, 6) is 0.728. The minimum Gasteiger partial charge on any atom is -0.477 e. The lowest BCUT2D eigenvalue weighted by Crippen LogP contribution is -2.41. The van der Waals surface area contributed by atoms with E-state index in [0.717, 1.165) is 37.1 Å². The molecule has 1 saturated heterocycles. The molecular formula is C23H29FN2O3. The predicted octanol–water partition coefficient (Wildman–Crippen LogP) is 4.37. The van der Waals surface area contributed by atoms with E-state index in [1.54, 1.807) is 32.2 Å². The van der Waals surface area contributed by atoms with Crippen LogP contribution in [0.2, 0.25) is 0 Å². The van der Waals surface area contributed by atoms with Crippen molar-refractivity contribution in [3.05, 3.63) is 48.2 Å². The number of carbonyl (C=O) groups is 1. The maximum atomic E-state index is 13.8. The van der Waals surface area contributed by atoms with Crippen molar-refractivity contribution in [2.24, 2.45) is 5.92 Å². The SMILES string of the molecule is COC(=O)c1ccc(-c2ccc(OCC3CCN(CC(C)(C)F)CC3)nc2)cc1. The van der Waals surface area contributed by atoms with Gasteiger partial charge in [0.15, 0.2) is 0 Å². The van der Waals surface area contributed by atoms with Gasteiger partial charge in [-0.15, -0.1) is 0 Å². The molecule has 1 fully saturated rings. The van der Waals surface area contributed by atoms with Crippen LogP contribution in [0, 0.1) is 5.92 Å². The van der Waals surface area contributed by atoms with E-state index >= 15 is 0 Å². The number of alkyl halides is 1. The van der Waals surface area contributed by atoms with E-state index in [-0.39, 0.29) is 5.97 Å². The summed E-state index contributed by atoms with van der Waals surface area (Å²) in [7, 11) is 1.37. The molecule has 29 heavy (non-hydrogen) atoms. The van der Waals surface area contributed by atoms with Gasteiger partial charge in [0.1, 0.15) is 5.67 Å². The van der Waals surface area contributed by atoms with Crippen LogP contribution in [0.25, 0.3) is 11.1 Å². The van der Waals surface area contributed by atoms with Crippen LogP contribution in [0.3, 0.4) is 0 Å². The van der Waals surface area contributed by atoms with Crippen LogP contribution in [-0.2, 0) is 4.74 Å². The van der Waals surface area contributed by atoms with Crippen LogP contribution in [0.1, 0.15) is 37.0 Å². The second-order valence-corrected chi connectivity index (χ2v) is 8.20. The number of nitrogens with zero attached hydrogens (tertiary/aromatic N) is 2. The lowest BCUT2D eigenvalue weighted by atomic mass is 9.97. The number of carbonyl (C=O) groups excluding carboxylic acids is 1. The molecule has 2 aromatic rings. The first kappa shape index (κ1) is 21.2. The zero-order valence-electron chi connectivity index (χ0n) is 17.4. The van der Waals surface area contributed by atoms with Crippen molar-refractivity contribution in [2.75, 3.05) is 33.4 Å². The van der Waals surface area contributed by atoms with Crippen molar-refractivity contribution in [1.29, 1.82) is 0 Å². The zero-order chi connectivity index (χ0) is 20.9. The maximum Gasteiger partial charge on any atom is 0.337 e. The Kier molecular flexibility index (Phi) is 6.85. The average molecular weight is 400 g/mol. The first-order chi connectivity index (χ1) is 13.8. The molecule has 6 heteroatoms. The number of ether oxygens (including phenoxy) is 2.